The van der Waals surface area contributed by atoms with E-state index in [0.29, 0.717) is 18.9 Å². The number of hydrogen-bond acceptors (Lipinski definition) is 4. The van der Waals surface area contributed by atoms with E-state index in [-0.39, 0.29) is 11.7 Å². The quantitative estimate of drug-likeness (QED) is 0.248. The van der Waals surface area contributed by atoms with Gasteiger partial charge in [0.15, 0.2) is 0 Å². The van der Waals surface area contributed by atoms with Gasteiger partial charge >= 0.3 is 0 Å². The molecule has 0 saturated carbocycles. The lowest BCUT2D eigenvalue weighted by Crippen LogP contribution is -2.45. The largest absolute Gasteiger partial charge is 0.508 e. The number of nitrogens with one attached hydrogen (secondary N) is 1. The van der Waals surface area contributed by atoms with Crippen LogP contribution in [0.25, 0.3) is 22.5 Å². The Kier molecular flexibility index (Phi) is 7.33. The predicted molar refractivity (Wildman–Crippen MR) is 152 cm³/mol. The third kappa shape index (κ3) is 5.51. The van der Waals surface area contributed by atoms with Gasteiger partial charge in [0, 0.05) is 11.1 Å². The van der Waals surface area contributed by atoms with Crippen LogP contribution in [-0.4, -0.2) is 27.0 Å². The average molecular weight is 503 g/mol. The molecule has 5 aromatic rings. The second kappa shape index (κ2) is 11.2. The first-order valence-corrected chi connectivity index (χ1v) is 12.6. The van der Waals surface area contributed by atoms with Gasteiger partial charge in [0.2, 0.25) is 11.9 Å². The highest BCUT2D eigenvalue weighted by atomic mass is 16.3. The molecule has 0 saturated heterocycles. The zero-order valence-corrected chi connectivity index (χ0v) is 21.2. The summed E-state index contributed by atoms with van der Waals surface area (Å²) in [6.45, 7) is 2.35. The number of aromatic hydroxyl groups is 1. The summed E-state index contributed by atoms with van der Waals surface area (Å²) in [6, 6.07) is 33.9. The number of phenols is 1. The van der Waals surface area contributed by atoms with Crippen LogP contribution in [0.4, 0.5) is 5.95 Å². The minimum absolute atomic E-state index is 0.173. The van der Waals surface area contributed by atoms with Gasteiger partial charge in [-0.1, -0.05) is 97.1 Å². The molecule has 1 heterocycles. The van der Waals surface area contributed by atoms with Gasteiger partial charge in [-0.2, -0.15) is 0 Å². The van der Waals surface area contributed by atoms with Crippen LogP contribution >= 0.6 is 0 Å². The van der Waals surface area contributed by atoms with Gasteiger partial charge in [-0.05, 0) is 42.2 Å². The Morgan fingerprint density at radius 2 is 1.47 bits per heavy atom. The highest BCUT2D eigenvalue weighted by Gasteiger charge is 2.27. The predicted octanol–water partition coefficient (Wildman–Crippen LogP) is 5.86. The molecular formula is C32H30N4O2. The number of carbonyl (C=O) groups is 1. The van der Waals surface area contributed by atoms with Crippen molar-refractivity contribution in [3.63, 3.8) is 0 Å². The van der Waals surface area contributed by atoms with Crippen LogP contribution in [-0.2, 0) is 17.8 Å². The lowest BCUT2D eigenvalue weighted by Gasteiger charge is -2.24. The summed E-state index contributed by atoms with van der Waals surface area (Å²) < 4.78 is 0. The van der Waals surface area contributed by atoms with Crippen molar-refractivity contribution in [2.24, 2.45) is 5.73 Å². The van der Waals surface area contributed by atoms with Crippen LogP contribution in [0.2, 0.25) is 0 Å². The smallest absolute Gasteiger partial charge is 0.246 e. The van der Waals surface area contributed by atoms with Crippen molar-refractivity contribution in [2.45, 2.75) is 25.9 Å². The normalized spacial score (nSPS) is 11.7. The number of nitrogens with two attached hydrogens (primary N) is 1. The standard InChI is InChI=1S/C32H30N4O2/c1-22-10-8-9-15-26(22)21-36(31(38)28(33)20-23-16-18-27(37)19-17-23)32-34-29(24-11-4-2-5-12-24)30(35-32)25-13-6-3-7-14-25/h2-19,28,37H,20-21,33H2,1H3,(H,34,35)/t28-/m0/s1. The molecule has 0 radical (unpaired) electrons. The van der Waals surface area contributed by atoms with Gasteiger partial charge in [-0.25, -0.2) is 4.98 Å². The molecule has 1 atom stereocenters. The number of amides is 1. The van der Waals surface area contributed by atoms with Crippen LogP contribution in [0, 0.1) is 6.92 Å². The van der Waals surface area contributed by atoms with E-state index in [1.165, 1.54) is 0 Å². The molecule has 0 aliphatic heterocycles. The number of imidazole rings is 1. The van der Waals surface area contributed by atoms with Crippen molar-refractivity contribution in [3.8, 4) is 28.3 Å². The Morgan fingerprint density at radius 1 is 0.868 bits per heavy atom. The van der Waals surface area contributed by atoms with Crippen molar-refractivity contribution >= 4 is 11.9 Å². The Labute approximate surface area is 222 Å². The molecule has 4 N–H and O–H groups in total. The maximum absolute atomic E-state index is 13.9. The number of aromatic amines is 1. The molecule has 4 aromatic carbocycles. The summed E-state index contributed by atoms with van der Waals surface area (Å²) in [6.07, 6.45) is 0.335. The van der Waals surface area contributed by atoms with E-state index in [0.717, 1.165) is 39.2 Å². The first kappa shape index (κ1) is 25.0. The van der Waals surface area contributed by atoms with Crippen LogP contribution in [0.15, 0.2) is 109 Å². The van der Waals surface area contributed by atoms with E-state index in [1.54, 1.807) is 29.2 Å². The zero-order valence-electron chi connectivity index (χ0n) is 21.2. The lowest BCUT2D eigenvalue weighted by atomic mass is 10.0. The van der Waals surface area contributed by atoms with Gasteiger partial charge < -0.3 is 15.8 Å². The van der Waals surface area contributed by atoms with E-state index in [1.807, 2.05) is 91.9 Å². The second-order valence-corrected chi connectivity index (χ2v) is 9.34. The third-order valence-electron chi connectivity index (χ3n) is 6.62. The van der Waals surface area contributed by atoms with Crippen molar-refractivity contribution in [3.05, 3.63) is 126 Å². The first-order chi connectivity index (χ1) is 18.5. The monoisotopic (exact) mass is 502 g/mol. The summed E-state index contributed by atoms with van der Waals surface area (Å²) in [5.74, 6) is 0.374. The number of H-pyrrole nitrogens is 1. The van der Waals surface area contributed by atoms with E-state index in [2.05, 4.69) is 4.98 Å². The Morgan fingerprint density at radius 3 is 2.13 bits per heavy atom. The molecule has 6 nitrogen and oxygen atoms in total. The van der Waals surface area contributed by atoms with Gasteiger partial charge in [0.25, 0.3) is 0 Å². The third-order valence-corrected chi connectivity index (χ3v) is 6.62. The number of benzene rings is 4. The maximum Gasteiger partial charge on any atom is 0.246 e. The van der Waals surface area contributed by atoms with Crippen molar-refractivity contribution in [1.29, 1.82) is 0 Å². The fourth-order valence-corrected chi connectivity index (χ4v) is 4.50. The van der Waals surface area contributed by atoms with Gasteiger partial charge in [-0.3, -0.25) is 9.69 Å². The van der Waals surface area contributed by atoms with Crippen molar-refractivity contribution < 1.29 is 9.90 Å². The molecule has 1 aromatic heterocycles. The first-order valence-electron chi connectivity index (χ1n) is 12.6. The maximum atomic E-state index is 13.9. The minimum Gasteiger partial charge on any atom is -0.508 e. The summed E-state index contributed by atoms with van der Waals surface area (Å²) in [7, 11) is 0. The fourth-order valence-electron chi connectivity index (χ4n) is 4.50. The number of hydrogen-bond donors (Lipinski definition) is 3. The van der Waals surface area contributed by atoms with Crippen molar-refractivity contribution in [2.75, 3.05) is 4.90 Å². The summed E-state index contributed by atoms with van der Waals surface area (Å²) in [5, 5.41) is 9.62. The minimum atomic E-state index is -0.797. The van der Waals surface area contributed by atoms with E-state index < -0.39 is 6.04 Å². The molecule has 1 amide bonds. The lowest BCUT2D eigenvalue weighted by molar-refractivity contribution is -0.120. The molecule has 6 heteroatoms. The van der Waals surface area contributed by atoms with Crippen LogP contribution in [0.5, 0.6) is 5.75 Å². The topological polar surface area (TPSA) is 95.2 Å². The number of aromatic nitrogens is 2. The number of rotatable bonds is 8. The second-order valence-electron chi connectivity index (χ2n) is 9.34. The number of anilines is 1. The molecular weight excluding hydrogens is 472 g/mol. The SMILES string of the molecule is Cc1ccccc1CN(C(=O)[C@@H](N)Cc1ccc(O)cc1)c1nc(-c2ccccc2)c(-c2ccccc2)[nH]1. The molecule has 190 valence electrons. The number of aryl methyl sites for hydroxylation is 1. The van der Waals surface area contributed by atoms with Gasteiger partial charge in [0.05, 0.1) is 24.0 Å². The van der Waals surface area contributed by atoms with Gasteiger partial charge in [-0.15, -0.1) is 0 Å². The van der Waals surface area contributed by atoms with Crippen LogP contribution in [0.3, 0.4) is 0 Å². The van der Waals surface area contributed by atoms with E-state index in [4.69, 9.17) is 10.7 Å². The van der Waals surface area contributed by atoms with Gasteiger partial charge in [0.1, 0.15) is 5.75 Å². The molecule has 0 fully saturated rings. The average Bonchev–Trinajstić information content (AvgIpc) is 3.40. The number of nitrogens with zero attached hydrogens (tertiary/aromatic N) is 2. The number of carbonyl (C=O) groups excluding carboxylic acids is 1. The van der Waals surface area contributed by atoms with E-state index in [9.17, 15) is 9.90 Å². The molecule has 0 unspecified atom stereocenters. The molecule has 0 aliphatic carbocycles. The molecule has 38 heavy (non-hydrogen) atoms. The summed E-state index contributed by atoms with van der Waals surface area (Å²) >= 11 is 0. The molecule has 0 spiro atoms. The van der Waals surface area contributed by atoms with E-state index >= 15 is 0 Å². The number of phenolic OH excluding ortho intramolecular Hbond substituents is 1. The van der Waals surface area contributed by atoms with Crippen LogP contribution < -0.4 is 10.6 Å². The highest BCUT2D eigenvalue weighted by molar-refractivity contribution is 5.97. The zero-order chi connectivity index (χ0) is 26.5. The molecule has 5 rings (SSSR count). The molecule has 0 bridgehead atoms. The van der Waals surface area contributed by atoms with Crippen molar-refractivity contribution in [1.82, 2.24) is 9.97 Å². The Hall–Kier alpha value is -4.68. The van der Waals surface area contributed by atoms with Crippen LogP contribution in [0.1, 0.15) is 16.7 Å². The molecule has 0 aliphatic rings. The summed E-state index contributed by atoms with van der Waals surface area (Å²) in [5.41, 5.74) is 13.0. The Bertz CT molecular complexity index is 1460. The fraction of sp³-hybridized carbons (Fsp3) is 0.125. The summed E-state index contributed by atoms with van der Waals surface area (Å²) in [4.78, 5) is 24.0. The Balaban J connectivity index is 1.57. The highest BCUT2D eigenvalue weighted by Crippen LogP contribution is 2.33.